The van der Waals surface area contributed by atoms with Crippen molar-refractivity contribution < 1.29 is 4.74 Å². The highest BCUT2D eigenvalue weighted by Crippen LogP contribution is 2.49. The molecule has 0 spiro atoms. The molecule has 0 N–H and O–H groups in total. The zero-order valence-corrected chi connectivity index (χ0v) is 15.8. The number of hydrogen-bond acceptors (Lipinski definition) is 5. The zero-order chi connectivity index (χ0) is 17.4. The second kappa shape index (κ2) is 6.89. The molecule has 4 nitrogen and oxygen atoms in total. The van der Waals surface area contributed by atoms with Crippen molar-refractivity contribution in [3.05, 3.63) is 58.9 Å². The van der Waals surface area contributed by atoms with Gasteiger partial charge < -0.3 is 9.64 Å². The highest BCUT2D eigenvalue weighted by Gasteiger charge is 2.44. The van der Waals surface area contributed by atoms with Crippen LogP contribution in [0.25, 0.3) is 0 Å². The highest BCUT2D eigenvalue weighted by molar-refractivity contribution is 8.14. The lowest BCUT2D eigenvalue weighted by atomic mass is 9.95. The normalized spacial score (nSPS) is 25.0. The highest BCUT2D eigenvalue weighted by atomic mass is 35.5. The average molecular weight is 374 g/mol. The van der Waals surface area contributed by atoms with E-state index < -0.39 is 0 Å². The summed E-state index contributed by atoms with van der Waals surface area (Å²) in [6.07, 6.45) is 1.83. The molecule has 0 amide bonds. The summed E-state index contributed by atoms with van der Waals surface area (Å²) in [6, 6.07) is 11.9. The van der Waals surface area contributed by atoms with Gasteiger partial charge in [0.1, 0.15) is 11.8 Å². The number of nitrogens with zero attached hydrogens (tertiary/aromatic N) is 3. The molecular formula is C19H20ClN3OS. The van der Waals surface area contributed by atoms with E-state index in [9.17, 15) is 0 Å². The molecule has 1 aromatic heterocycles. The predicted molar refractivity (Wildman–Crippen MR) is 104 cm³/mol. The van der Waals surface area contributed by atoms with Gasteiger partial charge in [-0.3, -0.25) is 9.98 Å². The van der Waals surface area contributed by atoms with Gasteiger partial charge >= 0.3 is 0 Å². The minimum atomic E-state index is -0.0473. The van der Waals surface area contributed by atoms with Crippen LogP contribution in [0, 0.1) is 0 Å². The Balaban J connectivity index is 1.81. The number of amidine groups is 1. The van der Waals surface area contributed by atoms with Crippen molar-refractivity contribution in [1.82, 2.24) is 9.88 Å². The molecule has 25 heavy (non-hydrogen) atoms. The van der Waals surface area contributed by atoms with E-state index in [2.05, 4.69) is 16.8 Å². The molecular weight excluding hydrogens is 354 g/mol. The molecule has 2 aliphatic rings. The van der Waals surface area contributed by atoms with E-state index in [1.807, 2.05) is 61.3 Å². The summed E-state index contributed by atoms with van der Waals surface area (Å²) >= 11 is 8.16. The van der Waals surface area contributed by atoms with Crippen molar-refractivity contribution in [2.45, 2.75) is 31.2 Å². The topological polar surface area (TPSA) is 37.7 Å². The van der Waals surface area contributed by atoms with Crippen LogP contribution in [-0.4, -0.2) is 33.5 Å². The SMILES string of the molecule is CCOc1ccc(Cl)cc1[C@H]1[C@H](c2ccccn2)N=C2S[C@@H](C)CN21. The van der Waals surface area contributed by atoms with Crippen LogP contribution < -0.4 is 4.74 Å². The Kier molecular flexibility index (Phi) is 4.61. The van der Waals surface area contributed by atoms with Crippen molar-refractivity contribution >= 4 is 28.5 Å². The van der Waals surface area contributed by atoms with Crippen LogP contribution in [0.1, 0.15) is 37.2 Å². The van der Waals surface area contributed by atoms with Gasteiger partial charge in [-0.25, -0.2) is 0 Å². The van der Waals surface area contributed by atoms with E-state index in [1.54, 1.807) is 0 Å². The standard InChI is InChI=1S/C19H20ClN3OS/c1-3-24-16-8-7-13(20)10-14(16)18-17(15-6-4-5-9-21-15)22-19-23(18)11-12(2)25-19/h4-10,12,17-18H,3,11H2,1-2H3/t12-,17-,18-/m0/s1. The maximum absolute atomic E-state index is 6.33. The molecule has 1 fully saturated rings. The van der Waals surface area contributed by atoms with Crippen LogP contribution in [0.4, 0.5) is 0 Å². The van der Waals surface area contributed by atoms with Gasteiger partial charge in [0.2, 0.25) is 0 Å². The van der Waals surface area contributed by atoms with Gasteiger partial charge in [-0.2, -0.15) is 0 Å². The van der Waals surface area contributed by atoms with Crippen molar-refractivity contribution in [3.63, 3.8) is 0 Å². The van der Waals surface area contributed by atoms with Crippen molar-refractivity contribution in [2.75, 3.05) is 13.2 Å². The van der Waals surface area contributed by atoms with E-state index in [0.29, 0.717) is 16.9 Å². The lowest BCUT2D eigenvalue weighted by Gasteiger charge is -2.29. The molecule has 0 bridgehead atoms. The third kappa shape index (κ3) is 3.11. The Morgan fingerprint density at radius 2 is 2.20 bits per heavy atom. The number of benzene rings is 1. The number of hydrogen-bond donors (Lipinski definition) is 0. The fourth-order valence-corrected chi connectivity index (χ4v) is 4.76. The number of ether oxygens (including phenoxy) is 1. The average Bonchev–Trinajstić information content (AvgIpc) is 3.13. The Morgan fingerprint density at radius 1 is 1.32 bits per heavy atom. The zero-order valence-electron chi connectivity index (χ0n) is 14.2. The molecule has 0 unspecified atom stereocenters. The van der Waals surface area contributed by atoms with Gasteiger partial charge in [-0.05, 0) is 37.3 Å². The first-order valence-corrected chi connectivity index (χ1v) is 9.77. The Labute approximate surface area is 157 Å². The van der Waals surface area contributed by atoms with Gasteiger partial charge in [0.05, 0.1) is 18.3 Å². The first-order chi connectivity index (χ1) is 12.2. The van der Waals surface area contributed by atoms with E-state index in [-0.39, 0.29) is 12.1 Å². The third-order valence-corrected chi connectivity index (χ3v) is 5.81. The van der Waals surface area contributed by atoms with Crippen LogP contribution in [0.2, 0.25) is 5.02 Å². The number of pyridine rings is 1. The fraction of sp³-hybridized carbons (Fsp3) is 0.368. The quantitative estimate of drug-likeness (QED) is 0.776. The van der Waals surface area contributed by atoms with Crippen molar-refractivity contribution in [1.29, 1.82) is 0 Å². The van der Waals surface area contributed by atoms with E-state index >= 15 is 0 Å². The Bertz CT molecular complexity index is 799. The minimum Gasteiger partial charge on any atom is -0.494 e. The molecule has 1 aromatic carbocycles. The molecule has 4 rings (SSSR count). The summed E-state index contributed by atoms with van der Waals surface area (Å²) in [5, 5.41) is 2.34. The summed E-state index contributed by atoms with van der Waals surface area (Å²) in [6.45, 7) is 5.82. The van der Waals surface area contributed by atoms with Crippen LogP contribution in [-0.2, 0) is 0 Å². The van der Waals surface area contributed by atoms with Crippen LogP contribution in [0.15, 0.2) is 47.6 Å². The van der Waals surface area contributed by atoms with Crippen LogP contribution >= 0.6 is 23.4 Å². The molecule has 3 atom stereocenters. The maximum atomic E-state index is 6.33. The smallest absolute Gasteiger partial charge is 0.160 e. The largest absolute Gasteiger partial charge is 0.494 e. The second-order valence-electron chi connectivity index (χ2n) is 6.25. The molecule has 130 valence electrons. The third-order valence-electron chi connectivity index (χ3n) is 4.47. The van der Waals surface area contributed by atoms with Gasteiger partial charge in [0.15, 0.2) is 5.17 Å². The van der Waals surface area contributed by atoms with Crippen molar-refractivity contribution in [2.24, 2.45) is 4.99 Å². The van der Waals surface area contributed by atoms with E-state index in [4.69, 9.17) is 21.3 Å². The van der Waals surface area contributed by atoms with Crippen molar-refractivity contribution in [3.8, 4) is 5.75 Å². The van der Waals surface area contributed by atoms with Gasteiger partial charge in [0.25, 0.3) is 0 Å². The lowest BCUT2D eigenvalue weighted by molar-refractivity contribution is 0.292. The first-order valence-electron chi connectivity index (χ1n) is 8.51. The molecule has 6 heteroatoms. The number of halogens is 1. The second-order valence-corrected chi connectivity index (χ2v) is 8.09. The number of fused-ring (bicyclic) bond motifs is 1. The number of thioether (sulfide) groups is 1. The summed E-state index contributed by atoms with van der Waals surface area (Å²) in [5.41, 5.74) is 2.06. The number of aliphatic imine (C=N–C) groups is 1. The number of aromatic nitrogens is 1. The molecule has 3 heterocycles. The maximum Gasteiger partial charge on any atom is 0.160 e. The summed E-state index contributed by atoms with van der Waals surface area (Å²) < 4.78 is 5.90. The number of rotatable bonds is 4. The molecule has 1 saturated heterocycles. The predicted octanol–water partition coefficient (Wildman–Crippen LogP) is 4.72. The van der Waals surface area contributed by atoms with Gasteiger partial charge in [-0.15, -0.1) is 0 Å². The molecule has 0 radical (unpaired) electrons. The monoisotopic (exact) mass is 373 g/mol. The molecule has 0 saturated carbocycles. The van der Waals surface area contributed by atoms with Crippen LogP contribution in [0.5, 0.6) is 5.75 Å². The Hall–Kier alpha value is -1.72. The van der Waals surface area contributed by atoms with Gasteiger partial charge in [-0.1, -0.05) is 36.4 Å². The molecule has 0 aliphatic carbocycles. The summed E-state index contributed by atoms with van der Waals surface area (Å²) in [5.74, 6) is 0.874. The summed E-state index contributed by atoms with van der Waals surface area (Å²) in [7, 11) is 0. The first kappa shape index (κ1) is 16.7. The van der Waals surface area contributed by atoms with E-state index in [1.165, 1.54) is 0 Å². The summed E-state index contributed by atoms with van der Waals surface area (Å²) in [4.78, 5) is 11.9. The Morgan fingerprint density at radius 3 is 2.96 bits per heavy atom. The fourth-order valence-electron chi connectivity index (χ4n) is 3.49. The minimum absolute atomic E-state index is 0.0473. The van der Waals surface area contributed by atoms with E-state index in [0.717, 1.165) is 28.7 Å². The lowest BCUT2D eigenvalue weighted by Crippen LogP contribution is -2.29. The van der Waals surface area contributed by atoms with Crippen LogP contribution in [0.3, 0.4) is 0 Å². The molecule has 2 aromatic rings. The molecule has 2 aliphatic heterocycles. The van der Waals surface area contributed by atoms with Gasteiger partial charge in [0, 0.05) is 28.6 Å².